The van der Waals surface area contributed by atoms with Gasteiger partial charge in [0, 0.05) is 6.61 Å². The molecule has 2 nitrogen and oxygen atoms in total. The molecule has 2 aliphatic carbocycles. The van der Waals surface area contributed by atoms with Crippen molar-refractivity contribution < 1.29 is 10.2 Å². The molecule has 0 spiro atoms. The molecule has 0 unspecified atom stereocenters. The van der Waals surface area contributed by atoms with Gasteiger partial charge in [-0.2, -0.15) is 0 Å². The van der Waals surface area contributed by atoms with E-state index in [0.717, 1.165) is 12.8 Å². The first-order valence-electron chi connectivity index (χ1n) is 5.62. The van der Waals surface area contributed by atoms with Crippen LogP contribution in [0.5, 0.6) is 0 Å². The van der Waals surface area contributed by atoms with Crippen LogP contribution >= 0.6 is 0 Å². The fourth-order valence-corrected chi connectivity index (χ4v) is 3.31. The molecule has 2 N–H and O–H groups in total. The molecule has 0 aliphatic heterocycles. The molecule has 76 valence electrons. The molecular weight excluding hydrogens is 164 g/mol. The summed E-state index contributed by atoms with van der Waals surface area (Å²) in [6.45, 7) is 0.292. The Labute approximate surface area is 80.0 Å². The third kappa shape index (κ3) is 1.75. The fraction of sp³-hybridized carbons (Fsp3) is 1.00. The summed E-state index contributed by atoms with van der Waals surface area (Å²) in [5, 5.41) is 18.9. The van der Waals surface area contributed by atoms with E-state index in [1.54, 1.807) is 0 Å². The van der Waals surface area contributed by atoms with Gasteiger partial charge < -0.3 is 10.2 Å². The van der Waals surface area contributed by atoms with Crippen molar-refractivity contribution >= 4 is 0 Å². The third-order valence-electron chi connectivity index (χ3n) is 3.99. The largest absolute Gasteiger partial charge is 0.396 e. The first kappa shape index (κ1) is 9.47. The van der Waals surface area contributed by atoms with Gasteiger partial charge in [0.25, 0.3) is 0 Å². The highest BCUT2D eigenvalue weighted by Crippen LogP contribution is 2.45. The van der Waals surface area contributed by atoms with Crippen LogP contribution in [-0.2, 0) is 0 Å². The average Bonchev–Trinajstić information content (AvgIpc) is 2.28. The Morgan fingerprint density at radius 3 is 2.69 bits per heavy atom. The Kier molecular flexibility index (Phi) is 2.89. The smallest absolute Gasteiger partial charge is 0.0599 e. The zero-order valence-electron chi connectivity index (χ0n) is 8.15. The van der Waals surface area contributed by atoms with Crippen LogP contribution < -0.4 is 0 Å². The van der Waals surface area contributed by atoms with Crippen molar-refractivity contribution in [2.24, 2.45) is 17.8 Å². The average molecular weight is 184 g/mol. The molecule has 13 heavy (non-hydrogen) atoms. The zero-order chi connectivity index (χ0) is 9.26. The third-order valence-corrected chi connectivity index (χ3v) is 3.99. The van der Waals surface area contributed by atoms with Crippen molar-refractivity contribution in [1.29, 1.82) is 0 Å². The molecule has 0 aromatic carbocycles. The molecule has 0 aromatic heterocycles. The summed E-state index contributed by atoms with van der Waals surface area (Å²) in [5.41, 5.74) is 0. The maximum atomic E-state index is 10.0. The summed E-state index contributed by atoms with van der Waals surface area (Å²) >= 11 is 0. The van der Waals surface area contributed by atoms with E-state index in [1.807, 2.05) is 0 Å². The second-order valence-electron chi connectivity index (χ2n) is 4.71. The van der Waals surface area contributed by atoms with Gasteiger partial charge in [-0.05, 0) is 43.4 Å². The number of fused-ring (bicyclic) bond motifs is 2. The maximum Gasteiger partial charge on any atom is 0.0599 e. The van der Waals surface area contributed by atoms with Crippen LogP contribution in [-0.4, -0.2) is 22.9 Å². The number of hydrogen-bond acceptors (Lipinski definition) is 2. The van der Waals surface area contributed by atoms with Gasteiger partial charge in [-0.1, -0.05) is 12.8 Å². The standard InChI is InChI=1S/C11H20O2/c12-6-5-8-7-9-3-1-2-4-10(8)11(9)13/h8-13H,1-7H2/t8-,9-,10+,11-/m0/s1. The molecule has 2 aliphatic rings. The lowest BCUT2D eigenvalue weighted by Gasteiger charge is -2.20. The van der Waals surface area contributed by atoms with Crippen LogP contribution in [0.3, 0.4) is 0 Å². The van der Waals surface area contributed by atoms with Crippen molar-refractivity contribution in [2.75, 3.05) is 6.61 Å². The van der Waals surface area contributed by atoms with Crippen molar-refractivity contribution in [3.63, 3.8) is 0 Å². The van der Waals surface area contributed by atoms with Crippen LogP contribution in [0, 0.1) is 17.8 Å². The molecule has 2 bridgehead atoms. The van der Waals surface area contributed by atoms with Gasteiger partial charge in [0.2, 0.25) is 0 Å². The number of aliphatic hydroxyl groups is 2. The molecule has 0 saturated heterocycles. The molecule has 0 amide bonds. The Morgan fingerprint density at radius 1 is 1.15 bits per heavy atom. The van der Waals surface area contributed by atoms with E-state index in [2.05, 4.69) is 0 Å². The van der Waals surface area contributed by atoms with Crippen LogP contribution in [0.15, 0.2) is 0 Å². The van der Waals surface area contributed by atoms with Gasteiger partial charge in [0.15, 0.2) is 0 Å². The highest BCUT2D eigenvalue weighted by molar-refractivity contribution is 4.92. The van der Waals surface area contributed by atoms with E-state index in [0.29, 0.717) is 24.4 Å². The number of aliphatic hydroxyl groups excluding tert-OH is 2. The van der Waals surface area contributed by atoms with E-state index >= 15 is 0 Å². The Bertz CT molecular complexity index is 169. The van der Waals surface area contributed by atoms with Gasteiger partial charge >= 0.3 is 0 Å². The van der Waals surface area contributed by atoms with E-state index in [4.69, 9.17) is 5.11 Å². The molecule has 0 heterocycles. The minimum Gasteiger partial charge on any atom is -0.396 e. The van der Waals surface area contributed by atoms with Gasteiger partial charge in [-0.3, -0.25) is 0 Å². The monoisotopic (exact) mass is 184 g/mol. The Hall–Kier alpha value is -0.0800. The highest BCUT2D eigenvalue weighted by Gasteiger charge is 2.42. The minimum atomic E-state index is -0.0564. The quantitative estimate of drug-likeness (QED) is 0.683. The lowest BCUT2D eigenvalue weighted by atomic mass is 9.87. The van der Waals surface area contributed by atoms with E-state index in [9.17, 15) is 5.11 Å². The predicted octanol–water partition coefficient (Wildman–Crippen LogP) is 1.56. The fourth-order valence-electron chi connectivity index (χ4n) is 3.31. The minimum absolute atomic E-state index is 0.0564. The van der Waals surface area contributed by atoms with Crippen molar-refractivity contribution in [2.45, 2.75) is 44.6 Å². The summed E-state index contributed by atoms with van der Waals surface area (Å²) in [6.07, 6.45) is 6.97. The number of rotatable bonds is 2. The molecule has 2 saturated carbocycles. The van der Waals surface area contributed by atoms with Crippen molar-refractivity contribution in [3.8, 4) is 0 Å². The predicted molar refractivity (Wildman–Crippen MR) is 51.3 cm³/mol. The van der Waals surface area contributed by atoms with Crippen LogP contribution in [0.1, 0.15) is 38.5 Å². The van der Waals surface area contributed by atoms with E-state index in [-0.39, 0.29) is 6.10 Å². The molecule has 2 heteroatoms. The summed E-state index contributed by atoms with van der Waals surface area (Å²) in [5.74, 6) is 1.65. The van der Waals surface area contributed by atoms with E-state index in [1.165, 1.54) is 25.7 Å². The van der Waals surface area contributed by atoms with Gasteiger partial charge in [0.1, 0.15) is 0 Å². The summed E-state index contributed by atoms with van der Waals surface area (Å²) in [6, 6.07) is 0. The van der Waals surface area contributed by atoms with Crippen molar-refractivity contribution in [3.05, 3.63) is 0 Å². The van der Waals surface area contributed by atoms with Crippen molar-refractivity contribution in [1.82, 2.24) is 0 Å². The molecule has 0 radical (unpaired) electrons. The lowest BCUT2D eigenvalue weighted by molar-refractivity contribution is 0.0820. The second-order valence-corrected chi connectivity index (χ2v) is 4.71. The molecule has 0 aromatic rings. The maximum absolute atomic E-state index is 10.0. The first-order chi connectivity index (χ1) is 6.33. The van der Waals surface area contributed by atoms with Crippen LogP contribution in [0.4, 0.5) is 0 Å². The SMILES string of the molecule is OCC[C@H]1C[C@@H]2CCCC[C@H]1[C@H]2O. The lowest BCUT2D eigenvalue weighted by Crippen LogP contribution is -2.21. The van der Waals surface area contributed by atoms with Gasteiger partial charge in [-0.25, -0.2) is 0 Å². The Balaban J connectivity index is 2.02. The first-order valence-corrected chi connectivity index (χ1v) is 5.62. The normalized spacial score (nSPS) is 44.8. The Morgan fingerprint density at radius 2 is 1.92 bits per heavy atom. The number of hydrogen-bond donors (Lipinski definition) is 2. The molecular formula is C11H20O2. The van der Waals surface area contributed by atoms with Crippen LogP contribution in [0.25, 0.3) is 0 Å². The van der Waals surface area contributed by atoms with Gasteiger partial charge in [0.05, 0.1) is 6.10 Å². The van der Waals surface area contributed by atoms with Gasteiger partial charge in [-0.15, -0.1) is 0 Å². The van der Waals surface area contributed by atoms with Crippen LogP contribution in [0.2, 0.25) is 0 Å². The summed E-state index contributed by atoms with van der Waals surface area (Å²) < 4.78 is 0. The summed E-state index contributed by atoms with van der Waals surface area (Å²) in [7, 11) is 0. The van der Waals surface area contributed by atoms with E-state index < -0.39 is 0 Å². The zero-order valence-corrected chi connectivity index (χ0v) is 8.15. The second kappa shape index (κ2) is 3.97. The molecule has 4 atom stereocenters. The topological polar surface area (TPSA) is 40.5 Å². The summed E-state index contributed by atoms with van der Waals surface area (Å²) in [4.78, 5) is 0. The molecule has 2 fully saturated rings. The highest BCUT2D eigenvalue weighted by atomic mass is 16.3. The molecule has 2 rings (SSSR count).